The standard InChI is InChI=1S/C20H18N2O4/c1-14(15-7-4-3-5-8-15)22-13-21-12-18(22)20(24)26-17-10-6-9-16(11-17)19(23)25-2/h3-14H,1-2H3. The minimum absolute atomic E-state index is 0.0809. The summed E-state index contributed by atoms with van der Waals surface area (Å²) in [6.45, 7) is 1.98. The highest BCUT2D eigenvalue weighted by Gasteiger charge is 2.19. The summed E-state index contributed by atoms with van der Waals surface area (Å²) in [7, 11) is 1.30. The van der Waals surface area contributed by atoms with Crippen molar-refractivity contribution in [3.63, 3.8) is 0 Å². The molecule has 3 rings (SSSR count). The first kappa shape index (κ1) is 17.4. The Kier molecular flexibility index (Phi) is 5.12. The molecule has 1 unspecified atom stereocenters. The Morgan fingerprint density at radius 2 is 1.81 bits per heavy atom. The van der Waals surface area contributed by atoms with Gasteiger partial charge in [-0.05, 0) is 30.7 Å². The van der Waals surface area contributed by atoms with Crippen LogP contribution in [0.2, 0.25) is 0 Å². The molecule has 0 amide bonds. The Balaban J connectivity index is 1.82. The van der Waals surface area contributed by atoms with E-state index in [4.69, 9.17) is 4.74 Å². The summed E-state index contributed by atoms with van der Waals surface area (Å²) in [6, 6.07) is 16.0. The number of imidazole rings is 1. The molecular weight excluding hydrogens is 332 g/mol. The van der Waals surface area contributed by atoms with Gasteiger partial charge < -0.3 is 14.0 Å². The van der Waals surface area contributed by atoms with Crippen LogP contribution in [-0.2, 0) is 4.74 Å². The maximum atomic E-state index is 12.6. The van der Waals surface area contributed by atoms with Gasteiger partial charge in [0.1, 0.15) is 11.4 Å². The first-order chi connectivity index (χ1) is 12.6. The van der Waals surface area contributed by atoms with Crippen molar-refractivity contribution >= 4 is 11.9 Å². The van der Waals surface area contributed by atoms with Gasteiger partial charge in [0, 0.05) is 0 Å². The lowest BCUT2D eigenvalue weighted by Gasteiger charge is -2.16. The van der Waals surface area contributed by atoms with Crippen molar-refractivity contribution in [3.8, 4) is 5.75 Å². The van der Waals surface area contributed by atoms with Crippen LogP contribution in [-0.4, -0.2) is 28.6 Å². The Morgan fingerprint density at radius 1 is 1.04 bits per heavy atom. The molecule has 132 valence electrons. The molecule has 0 fully saturated rings. The maximum absolute atomic E-state index is 12.6. The van der Waals surface area contributed by atoms with Crippen LogP contribution in [0.3, 0.4) is 0 Å². The fraction of sp³-hybridized carbons (Fsp3) is 0.150. The molecule has 0 radical (unpaired) electrons. The lowest BCUT2D eigenvalue weighted by atomic mass is 10.1. The van der Waals surface area contributed by atoms with Gasteiger partial charge in [-0.2, -0.15) is 0 Å². The van der Waals surface area contributed by atoms with Gasteiger partial charge in [-0.3, -0.25) is 0 Å². The molecule has 0 saturated heterocycles. The van der Waals surface area contributed by atoms with Crippen molar-refractivity contribution in [1.82, 2.24) is 9.55 Å². The summed E-state index contributed by atoms with van der Waals surface area (Å²) < 4.78 is 11.8. The molecule has 6 heteroatoms. The molecule has 1 heterocycles. The van der Waals surface area contributed by atoms with E-state index in [-0.39, 0.29) is 11.8 Å². The maximum Gasteiger partial charge on any atom is 0.362 e. The van der Waals surface area contributed by atoms with Gasteiger partial charge in [-0.1, -0.05) is 36.4 Å². The minimum atomic E-state index is -0.549. The summed E-state index contributed by atoms with van der Waals surface area (Å²) in [5, 5.41) is 0. The molecule has 0 N–H and O–H groups in total. The zero-order valence-electron chi connectivity index (χ0n) is 14.5. The Bertz CT molecular complexity index is 918. The van der Waals surface area contributed by atoms with Crippen LogP contribution in [0.4, 0.5) is 0 Å². The number of ether oxygens (including phenoxy) is 2. The third-order valence-corrected chi connectivity index (χ3v) is 4.04. The lowest BCUT2D eigenvalue weighted by molar-refractivity contribution is 0.0597. The number of rotatable bonds is 5. The van der Waals surface area contributed by atoms with Crippen LogP contribution in [0, 0.1) is 0 Å². The van der Waals surface area contributed by atoms with Crippen LogP contribution in [0.5, 0.6) is 5.75 Å². The molecule has 1 aromatic heterocycles. The van der Waals surface area contributed by atoms with E-state index in [1.54, 1.807) is 29.1 Å². The second-order valence-corrected chi connectivity index (χ2v) is 5.68. The second-order valence-electron chi connectivity index (χ2n) is 5.68. The molecule has 3 aromatic rings. The van der Waals surface area contributed by atoms with Crippen LogP contribution in [0.25, 0.3) is 0 Å². The summed E-state index contributed by atoms with van der Waals surface area (Å²) >= 11 is 0. The van der Waals surface area contributed by atoms with Gasteiger partial charge in [-0.25, -0.2) is 14.6 Å². The fourth-order valence-corrected chi connectivity index (χ4v) is 2.63. The van der Waals surface area contributed by atoms with E-state index in [1.807, 2.05) is 37.3 Å². The average molecular weight is 350 g/mol. The molecular formula is C20H18N2O4. The van der Waals surface area contributed by atoms with Gasteiger partial charge in [0.25, 0.3) is 0 Å². The third-order valence-electron chi connectivity index (χ3n) is 4.04. The molecule has 0 aliphatic heterocycles. The molecule has 6 nitrogen and oxygen atoms in total. The highest BCUT2D eigenvalue weighted by Crippen LogP contribution is 2.21. The summed E-state index contributed by atoms with van der Waals surface area (Å²) in [4.78, 5) is 28.3. The number of hydrogen-bond donors (Lipinski definition) is 0. The minimum Gasteiger partial charge on any atom is -0.465 e. The van der Waals surface area contributed by atoms with Gasteiger partial charge >= 0.3 is 11.9 Å². The number of hydrogen-bond acceptors (Lipinski definition) is 5. The monoisotopic (exact) mass is 350 g/mol. The van der Waals surface area contributed by atoms with Crippen molar-refractivity contribution in [2.45, 2.75) is 13.0 Å². The number of benzene rings is 2. The van der Waals surface area contributed by atoms with Crippen molar-refractivity contribution in [2.75, 3.05) is 7.11 Å². The second kappa shape index (κ2) is 7.65. The van der Waals surface area contributed by atoms with Gasteiger partial charge in [0.05, 0.1) is 31.2 Å². The van der Waals surface area contributed by atoms with E-state index in [0.29, 0.717) is 11.3 Å². The van der Waals surface area contributed by atoms with Crippen molar-refractivity contribution < 1.29 is 19.1 Å². The number of carbonyl (C=O) groups excluding carboxylic acids is 2. The van der Waals surface area contributed by atoms with Gasteiger partial charge in [0.2, 0.25) is 0 Å². The number of aromatic nitrogens is 2. The lowest BCUT2D eigenvalue weighted by Crippen LogP contribution is -2.17. The van der Waals surface area contributed by atoms with E-state index >= 15 is 0 Å². The predicted molar refractivity (Wildman–Crippen MR) is 95.2 cm³/mol. The Morgan fingerprint density at radius 3 is 2.54 bits per heavy atom. The molecule has 0 spiro atoms. The number of nitrogens with zero attached hydrogens (tertiary/aromatic N) is 2. The summed E-state index contributed by atoms with van der Waals surface area (Å²) in [6.07, 6.45) is 3.06. The highest BCUT2D eigenvalue weighted by molar-refractivity contribution is 5.91. The van der Waals surface area contributed by atoms with E-state index in [1.165, 1.54) is 19.4 Å². The van der Waals surface area contributed by atoms with Crippen molar-refractivity contribution in [3.05, 3.63) is 83.9 Å². The first-order valence-electron chi connectivity index (χ1n) is 8.07. The van der Waals surface area contributed by atoms with Crippen LogP contribution < -0.4 is 4.74 Å². The molecule has 1 atom stereocenters. The van der Waals surface area contributed by atoms with Crippen LogP contribution in [0.15, 0.2) is 67.1 Å². The zero-order valence-corrected chi connectivity index (χ0v) is 14.5. The quantitative estimate of drug-likeness (QED) is 0.520. The van der Waals surface area contributed by atoms with Crippen molar-refractivity contribution in [2.24, 2.45) is 0 Å². The fourth-order valence-electron chi connectivity index (χ4n) is 2.63. The number of carbonyl (C=O) groups is 2. The molecule has 2 aromatic carbocycles. The van der Waals surface area contributed by atoms with E-state index < -0.39 is 11.9 Å². The van der Waals surface area contributed by atoms with Crippen LogP contribution >= 0.6 is 0 Å². The largest absolute Gasteiger partial charge is 0.465 e. The van der Waals surface area contributed by atoms with E-state index in [2.05, 4.69) is 9.72 Å². The first-order valence-corrected chi connectivity index (χ1v) is 8.07. The molecule has 0 aliphatic carbocycles. The van der Waals surface area contributed by atoms with E-state index in [0.717, 1.165) is 5.56 Å². The Labute approximate surface area is 151 Å². The van der Waals surface area contributed by atoms with Gasteiger partial charge in [-0.15, -0.1) is 0 Å². The van der Waals surface area contributed by atoms with E-state index in [9.17, 15) is 9.59 Å². The Hall–Kier alpha value is -3.41. The normalized spacial score (nSPS) is 11.6. The summed E-state index contributed by atoms with van der Waals surface area (Å²) in [5.74, 6) is -0.782. The number of methoxy groups -OCH3 is 1. The smallest absolute Gasteiger partial charge is 0.362 e. The SMILES string of the molecule is COC(=O)c1cccc(OC(=O)c2cncn2C(C)c2ccccc2)c1. The molecule has 0 aliphatic rings. The highest BCUT2D eigenvalue weighted by atomic mass is 16.5. The van der Waals surface area contributed by atoms with Crippen LogP contribution in [0.1, 0.15) is 39.4 Å². The topological polar surface area (TPSA) is 70.4 Å². The molecule has 0 bridgehead atoms. The number of esters is 2. The third kappa shape index (κ3) is 3.64. The molecule has 26 heavy (non-hydrogen) atoms. The summed E-state index contributed by atoms with van der Waals surface area (Å²) in [5.41, 5.74) is 1.68. The van der Waals surface area contributed by atoms with Crippen molar-refractivity contribution in [1.29, 1.82) is 0 Å². The average Bonchev–Trinajstić information content (AvgIpc) is 3.17. The predicted octanol–water partition coefficient (Wildman–Crippen LogP) is 3.50. The van der Waals surface area contributed by atoms with Gasteiger partial charge in [0.15, 0.2) is 0 Å². The zero-order chi connectivity index (χ0) is 18.5. The molecule has 0 saturated carbocycles.